The largest absolute Gasteiger partial charge is 0.452 e. The van der Waals surface area contributed by atoms with Gasteiger partial charge in [0.25, 0.3) is 15.7 Å². The van der Waals surface area contributed by atoms with E-state index in [-0.39, 0.29) is 0 Å². The molecular weight excluding hydrogens is 252 g/mol. The van der Waals surface area contributed by atoms with Crippen LogP contribution in [0.15, 0.2) is 29.2 Å². The molecule has 0 saturated carbocycles. The van der Waals surface area contributed by atoms with Gasteiger partial charge in [0, 0.05) is 12.1 Å². The lowest BCUT2D eigenvalue weighted by Gasteiger charge is -2.04. The average Bonchev–Trinajstić information content (AvgIpc) is 2.28. The molecule has 9 heteroatoms. The van der Waals surface area contributed by atoms with Gasteiger partial charge in [-0.25, -0.2) is 17.9 Å². The quantitative estimate of drug-likeness (QED) is 0.629. The van der Waals surface area contributed by atoms with Gasteiger partial charge < -0.3 is 4.74 Å². The number of nitro benzene ring substituents is 1. The molecule has 0 heterocycles. The van der Waals surface area contributed by atoms with Gasteiger partial charge in [-0.2, -0.15) is 0 Å². The molecule has 0 aliphatic heterocycles. The number of methoxy groups -OCH3 is 1. The number of sulfonamides is 1. The third-order valence-electron chi connectivity index (χ3n) is 1.74. The highest BCUT2D eigenvalue weighted by Gasteiger charge is 2.20. The lowest BCUT2D eigenvalue weighted by atomic mass is 10.3. The standard InChI is InChI=1S/C8H8N2O6S/c1-16-8(11)9-17(14,15)7-4-2-3-6(5-7)10(12)13/h2-5H,1H3,(H,9,11). The number of amides is 1. The van der Waals surface area contributed by atoms with E-state index in [4.69, 9.17) is 0 Å². The number of hydrogen-bond acceptors (Lipinski definition) is 6. The first-order chi connectivity index (χ1) is 7.86. The molecule has 92 valence electrons. The molecule has 0 aliphatic rings. The molecular formula is C8H8N2O6S. The highest BCUT2D eigenvalue weighted by atomic mass is 32.2. The maximum atomic E-state index is 11.5. The van der Waals surface area contributed by atoms with E-state index < -0.39 is 31.6 Å². The number of nitrogens with one attached hydrogen (secondary N) is 1. The van der Waals surface area contributed by atoms with E-state index in [1.807, 2.05) is 0 Å². The van der Waals surface area contributed by atoms with E-state index in [1.54, 1.807) is 4.72 Å². The fourth-order valence-electron chi connectivity index (χ4n) is 0.975. The molecule has 1 N–H and O–H groups in total. The predicted octanol–water partition coefficient (Wildman–Crippen LogP) is 0.639. The lowest BCUT2D eigenvalue weighted by molar-refractivity contribution is -0.385. The Balaban J connectivity index is 3.11. The van der Waals surface area contributed by atoms with Crippen LogP contribution in [-0.4, -0.2) is 26.5 Å². The van der Waals surface area contributed by atoms with Gasteiger partial charge in [0.1, 0.15) is 0 Å². The number of carbonyl (C=O) groups excluding carboxylic acids is 1. The van der Waals surface area contributed by atoms with Crippen LogP contribution in [-0.2, 0) is 14.8 Å². The normalized spacial score (nSPS) is 10.6. The van der Waals surface area contributed by atoms with E-state index in [0.29, 0.717) is 0 Å². The summed E-state index contributed by atoms with van der Waals surface area (Å²) in [5, 5.41) is 10.5. The fraction of sp³-hybridized carbons (Fsp3) is 0.125. The number of rotatable bonds is 3. The fourth-order valence-corrected chi connectivity index (χ4v) is 1.93. The van der Waals surface area contributed by atoms with Crippen LogP contribution in [0.1, 0.15) is 0 Å². The maximum Gasteiger partial charge on any atom is 0.420 e. The van der Waals surface area contributed by atoms with Crippen molar-refractivity contribution in [3.8, 4) is 0 Å². The van der Waals surface area contributed by atoms with Crippen molar-refractivity contribution in [3.63, 3.8) is 0 Å². The topological polar surface area (TPSA) is 116 Å². The third kappa shape index (κ3) is 3.14. The molecule has 1 aromatic rings. The van der Waals surface area contributed by atoms with Crippen molar-refractivity contribution in [2.24, 2.45) is 0 Å². The molecule has 0 unspecified atom stereocenters. The third-order valence-corrected chi connectivity index (χ3v) is 3.05. The lowest BCUT2D eigenvalue weighted by Crippen LogP contribution is -2.30. The predicted molar refractivity (Wildman–Crippen MR) is 55.8 cm³/mol. The highest BCUT2D eigenvalue weighted by molar-refractivity contribution is 7.90. The molecule has 0 aromatic heterocycles. The zero-order chi connectivity index (χ0) is 13.1. The summed E-state index contributed by atoms with van der Waals surface area (Å²) in [5.41, 5.74) is -0.391. The van der Waals surface area contributed by atoms with E-state index >= 15 is 0 Å². The van der Waals surface area contributed by atoms with Gasteiger partial charge in [-0.3, -0.25) is 10.1 Å². The van der Waals surface area contributed by atoms with Gasteiger partial charge >= 0.3 is 6.09 Å². The van der Waals surface area contributed by atoms with Crippen molar-refractivity contribution in [1.29, 1.82) is 0 Å². The summed E-state index contributed by atoms with van der Waals surface area (Å²) >= 11 is 0. The minimum absolute atomic E-state index is 0.391. The molecule has 0 fully saturated rings. The number of non-ortho nitro benzene ring substituents is 1. The molecule has 0 atom stereocenters. The van der Waals surface area contributed by atoms with Crippen LogP contribution in [0, 0.1) is 10.1 Å². The van der Waals surface area contributed by atoms with Crippen molar-refractivity contribution in [1.82, 2.24) is 4.72 Å². The molecule has 0 spiro atoms. The summed E-state index contributed by atoms with van der Waals surface area (Å²) in [6.07, 6.45) is -1.17. The van der Waals surface area contributed by atoms with E-state index in [2.05, 4.69) is 4.74 Å². The zero-order valence-electron chi connectivity index (χ0n) is 8.61. The smallest absolute Gasteiger partial charge is 0.420 e. The van der Waals surface area contributed by atoms with Gasteiger partial charge in [-0.1, -0.05) is 6.07 Å². The van der Waals surface area contributed by atoms with Crippen molar-refractivity contribution >= 4 is 21.8 Å². The van der Waals surface area contributed by atoms with Crippen LogP contribution in [0.25, 0.3) is 0 Å². The van der Waals surface area contributed by atoms with Crippen LogP contribution < -0.4 is 4.72 Å². The molecule has 1 amide bonds. The van der Waals surface area contributed by atoms with Crippen molar-refractivity contribution < 1.29 is 22.9 Å². The minimum atomic E-state index is -4.16. The second-order valence-corrected chi connectivity index (χ2v) is 4.53. The number of benzene rings is 1. The Kier molecular flexibility index (Phi) is 3.63. The molecule has 8 nitrogen and oxygen atoms in total. The van der Waals surface area contributed by atoms with Crippen LogP contribution in [0.3, 0.4) is 0 Å². The Morgan fingerprint density at radius 3 is 2.65 bits per heavy atom. The van der Waals surface area contributed by atoms with Gasteiger partial charge in [0.05, 0.1) is 16.9 Å². The van der Waals surface area contributed by atoms with Crippen molar-refractivity contribution in [2.45, 2.75) is 4.90 Å². The summed E-state index contributed by atoms with van der Waals surface area (Å²) in [6.45, 7) is 0. The first kappa shape index (κ1) is 12.9. The van der Waals surface area contributed by atoms with Crippen LogP contribution in [0.5, 0.6) is 0 Å². The van der Waals surface area contributed by atoms with Crippen LogP contribution >= 0.6 is 0 Å². The SMILES string of the molecule is COC(=O)NS(=O)(=O)c1cccc([N+](=O)[O-])c1. The summed E-state index contributed by atoms with van der Waals surface area (Å²) in [4.78, 5) is 20.1. The summed E-state index contributed by atoms with van der Waals surface area (Å²) in [6, 6.07) is 4.30. The number of nitro groups is 1. The van der Waals surface area contributed by atoms with Gasteiger partial charge in [0.2, 0.25) is 0 Å². The van der Waals surface area contributed by atoms with Crippen LogP contribution in [0.2, 0.25) is 0 Å². The van der Waals surface area contributed by atoms with E-state index in [1.165, 1.54) is 6.07 Å². The van der Waals surface area contributed by atoms with Crippen molar-refractivity contribution in [3.05, 3.63) is 34.4 Å². The number of nitrogens with zero attached hydrogens (tertiary/aromatic N) is 1. The monoisotopic (exact) mass is 260 g/mol. The maximum absolute atomic E-state index is 11.5. The van der Waals surface area contributed by atoms with Crippen LogP contribution in [0.4, 0.5) is 10.5 Å². The first-order valence-electron chi connectivity index (χ1n) is 4.22. The zero-order valence-corrected chi connectivity index (χ0v) is 9.43. The molecule has 17 heavy (non-hydrogen) atoms. The Morgan fingerprint density at radius 1 is 1.47 bits per heavy atom. The summed E-state index contributed by atoms with van der Waals surface area (Å²) in [7, 11) is -3.16. The van der Waals surface area contributed by atoms with Gasteiger partial charge in [-0.15, -0.1) is 0 Å². The summed E-state index contributed by atoms with van der Waals surface area (Å²) < 4.78 is 28.8. The van der Waals surface area contributed by atoms with Gasteiger partial charge in [0.15, 0.2) is 0 Å². The number of ether oxygens (including phenoxy) is 1. The van der Waals surface area contributed by atoms with Crippen molar-refractivity contribution in [2.75, 3.05) is 7.11 Å². The minimum Gasteiger partial charge on any atom is -0.452 e. The Bertz CT molecular complexity index is 553. The Morgan fingerprint density at radius 2 is 2.12 bits per heavy atom. The molecule has 0 saturated heterocycles. The molecule has 1 rings (SSSR count). The Labute approximate surface area is 96.4 Å². The van der Waals surface area contributed by atoms with E-state index in [9.17, 15) is 23.3 Å². The second-order valence-electron chi connectivity index (χ2n) is 2.85. The Hall–Kier alpha value is -2.16. The van der Waals surface area contributed by atoms with E-state index in [0.717, 1.165) is 25.3 Å². The summed E-state index contributed by atoms with van der Waals surface area (Å²) in [5.74, 6) is 0. The molecule has 0 bridgehead atoms. The number of carbonyl (C=O) groups is 1. The molecule has 1 aromatic carbocycles. The highest BCUT2D eigenvalue weighted by Crippen LogP contribution is 2.16. The molecule has 0 radical (unpaired) electrons. The van der Waals surface area contributed by atoms with Gasteiger partial charge in [-0.05, 0) is 6.07 Å². The molecule has 0 aliphatic carbocycles. The first-order valence-corrected chi connectivity index (χ1v) is 5.70. The average molecular weight is 260 g/mol. The number of hydrogen-bond donors (Lipinski definition) is 1. The second kappa shape index (κ2) is 4.78.